The van der Waals surface area contributed by atoms with E-state index in [-0.39, 0.29) is 0 Å². The van der Waals surface area contributed by atoms with Crippen molar-refractivity contribution in [1.82, 2.24) is 4.90 Å². The van der Waals surface area contributed by atoms with Crippen molar-refractivity contribution >= 4 is 0 Å². The summed E-state index contributed by atoms with van der Waals surface area (Å²) in [6, 6.07) is 11.2. The maximum absolute atomic E-state index is 8.85. The number of nitriles is 1. The van der Waals surface area contributed by atoms with Crippen LogP contribution in [0.3, 0.4) is 0 Å². The molecule has 1 aromatic rings. The van der Waals surface area contributed by atoms with Gasteiger partial charge in [-0.1, -0.05) is 18.6 Å². The van der Waals surface area contributed by atoms with Gasteiger partial charge in [-0.15, -0.1) is 0 Å². The minimum Gasteiger partial charge on any atom is -0.330 e. The largest absolute Gasteiger partial charge is 0.330 e. The first-order valence-corrected chi connectivity index (χ1v) is 7.22. The Hall–Kier alpha value is -1.37. The molecule has 0 bridgehead atoms. The maximum atomic E-state index is 8.85. The van der Waals surface area contributed by atoms with Crippen LogP contribution >= 0.6 is 0 Å². The smallest absolute Gasteiger partial charge is 0.0991 e. The van der Waals surface area contributed by atoms with Crippen LogP contribution in [0.15, 0.2) is 24.3 Å². The van der Waals surface area contributed by atoms with Gasteiger partial charge in [0.05, 0.1) is 11.6 Å². The molecule has 102 valence electrons. The SMILES string of the molecule is CC(c1ccc(C#N)cc1)N1CCCCC1CCN. The third kappa shape index (κ3) is 3.34. The Morgan fingerprint density at radius 3 is 2.74 bits per heavy atom. The van der Waals surface area contributed by atoms with Crippen molar-refractivity contribution in [2.45, 2.75) is 44.7 Å². The van der Waals surface area contributed by atoms with E-state index < -0.39 is 0 Å². The lowest BCUT2D eigenvalue weighted by Gasteiger charge is -2.40. The predicted molar refractivity (Wildman–Crippen MR) is 77.6 cm³/mol. The molecule has 3 heteroatoms. The van der Waals surface area contributed by atoms with E-state index in [1.54, 1.807) is 0 Å². The third-order valence-corrected chi connectivity index (χ3v) is 4.19. The molecule has 1 aliphatic heterocycles. The summed E-state index contributed by atoms with van der Waals surface area (Å²) in [6.45, 7) is 4.18. The zero-order chi connectivity index (χ0) is 13.7. The quantitative estimate of drug-likeness (QED) is 0.902. The lowest BCUT2D eigenvalue weighted by atomic mass is 9.95. The Labute approximate surface area is 116 Å². The molecule has 0 amide bonds. The number of piperidine rings is 1. The van der Waals surface area contributed by atoms with Crippen LogP contribution in [0.25, 0.3) is 0 Å². The normalized spacial score (nSPS) is 21.8. The van der Waals surface area contributed by atoms with Crippen molar-refractivity contribution in [3.05, 3.63) is 35.4 Å². The Morgan fingerprint density at radius 1 is 1.37 bits per heavy atom. The summed E-state index contributed by atoms with van der Waals surface area (Å²) in [5, 5.41) is 8.85. The third-order valence-electron chi connectivity index (χ3n) is 4.19. The van der Waals surface area contributed by atoms with E-state index in [0.29, 0.717) is 12.1 Å². The summed E-state index contributed by atoms with van der Waals surface area (Å²) in [7, 11) is 0. The number of hydrogen-bond donors (Lipinski definition) is 1. The highest BCUT2D eigenvalue weighted by Gasteiger charge is 2.26. The predicted octanol–water partition coefficient (Wildman–Crippen LogP) is 2.82. The average molecular weight is 257 g/mol. The Kier molecular flexibility index (Phi) is 4.95. The second-order valence-electron chi connectivity index (χ2n) is 5.37. The molecule has 0 saturated carbocycles. The Morgan fingerprint density at radius 2 is 2.11 bits per heavy atom. The first-order chi connectivity index (χ1) is 9.26. The van der Waals surface area contributed by atoms with E-state index in [1.807, 2.05) is 12.1 Å². The second-order valence-corrected chi connectivity index (χ2v) is 5.37. The van der Waals surface area contributed by atoms with Crippen LogP contribution in [0.5, 0.6) is 0 Å². The molecule has 19 heavy (non-hydrogen) atoms. The van der Waals surface area contributed by atoms with Crippen molar-refractivity contribution in [2.75, 3.05) is 13.1 Å². The lowest BCUT2D eigenvalue weighted by molar-refractivity contribution is 0.0984. The number of nitrogens with zero attached hydrogens (tertiary/aromatic N) is 2. The minimum absolute atomic E-state index is 0.407. The first-order valence-electron chi connectivity index (χ1n) is 7.22. The molecule has 3 nitrogen and oxygen atoms in total. The van der Waals surface area contributed by atoms with Crippen LogP contribution in [-0.2, 0) is 0 Å². The van der Waals surface area contributed by atoms with Gasteiger partial charge in [0.2, 0.25) is 0 Å². The van der Waals surface area contributed by atoms with Crippen LogP contribution in [0.1, 0.15) is 49.8 Å². The standard InChI is InChI=1S/C16H23N3/c1-13(15-7-5-14(12-18)6-8-15)19-11-3-2-4-16(19)9-10-17/h5-8,13,16H,2-4,9-11,17H2,1H3. The molecule has 2 rings (SSSR count). The molecule has 0 spiro atoms. The number of benzene rings is 1. The van der Waals surface area contributed by atoms with Gasteiger partial charge in [0.1, 0.15) is 0 Å². The highest BCUT2D eigenvalue weighted by molar-refractivity contribution is 5.32. The monoisotopic (exact) mass is 257 g/mol. The molecular weight excluding hydrogens is 234 g/mol. The topological polar surface area (TPSA) is 53.0 Å². The zero-order valence-corrected chi connectivity index (χ0v) is 11.7. The summed E-state index contributed by atoms with van der Waals surface area (Å²) in [6.07, 6.45) is 4.95. The van der Waals surface area contributed by atoms with Gasteiger partial charge in [0.25, 0.3) is 0 Å². The molecule has 0 aliphatic carbocycles. The van der Waals surface area contributed by atoms with Crippen molar-refractivity contribution < 1.29 is 0 Å². The molecule has 2 N–H and O–H groups in total. The van der Waals surface area contributed by atoms with Crippen molar-refractivity contribution in [1.29, 1.82) is 5.26 Å². The summed E-state index contributed by atoms with van der Waals surface area (Å²) in [4.78, 5) is 2.58. The van der Waals surface area contributed by atoms with Crippen molar-refractivity contribution in [3.8, 4) is 6.07 Å². The molecule has 1 aromatic carbocycles. The second kappa shape index (κ2) is 6.70. The van der Waals surface area contributed by atoms with Crippen LogP contribution < -0.4 is 5.73 Å². The lowest BCUT2D eigenvalue weighted by Crippen LogP contribution is -2.42. The highest BCUT2D eigenvalue weighted by Crippen LogP contribution is 2.29. The van der Waals surface area contributed by atoms with Gasteiger partial charge in [-0.25, -0.2) is 0 Å². The van der Waals surface area contributed by atoms with E-state index in [0.717, 1.165) is 25.1 Å². The van der Waals surface area contributed by atoms with Crippen LogP contribution in [0, 0.1) is 11.3 Å². The zero-order valence-electron chi connectivity index (χ0n) is 11.7. The van der Waals surface area contributed by atoms with E-state index in [4.69, 9.17) is 11.0 Å². The van der Waals surface area contributed by atoms with Gasteiger partial charge in [0.15, 0.2) is 0 Å². The van der Waals surface area contributed by atoms with Crippen LogP contribution in [0.2, 0.25) is 0 Å². The Balaban J connectivity index is 2.11. The van der Waals surface area contributed by atoms with Gasteiger partial charge in [-0.2, -0.15) is 5.26 Å². The van der Waals surface area contributed by atoms with Gasteiger partial charge in [0, 0.05) is 12.1 Å². The Bertz CT molecular complexity index is 430. The van der Waals surface area contributed by atoms with Gasteiger partial charge in [-0.3, -0.25) is 4.90 Å². The molecule has 1 saturated heterocycles. The number of likely N-dealkylation sites (tertiary alicyclic amines) is 1. The minimum atomic E-state index is 0.407. The summed E-state index contributed by atoms with van der Waals surface area (Å²) >= 11 is 0. The van der Waals surface area contributed by atoms with Crippen molar-refractivity contribution in [3.63, 3.8) is 0 Å². The fraction of sp³-hybridized carbons (Fsp3) is 0.562. The fourth-order valence-corrected chi connectivity index (χ4v) is 3.06. The molecule has 1 fully saturated rings. The molecule has 1 heterocycles. The summed E-state index contributed by atoms with van der Waals surface area (Å²) in [5.74, 6) is 0. The first kappa shape index (κ1) is 14.0. The van der Waals surface area contributed by atoms with Crippen molar-refractivity contribution in [2.24, 2.45) is 5.73 Å². The van der Waals surface area contributed by atoms with Gasteiger partial charge >= 0.3 is 0 Å². The van der Waals surface area contributed by atoms with Gasteiger partial charge in [-0.05, 0) is 57.0 Å². The van der Waals surface area contributed by atoms with Crippen LogP contribution in [-0.4, -0.2) is 24.0 Å². The fourth-order valence-electron chi connectivity index (χ4n) is 3.06. The summed E-state index contributed by atoms with van der Waals surface area (Å²) < 4.78 is 0. The van der Waals surface area contributed by atoms with Gasteiger partial charge < -0.3 is 5.73 Å². The number of rotatable bonds is 4. The number of hydrogen-bond acceptors (Lipinski definition) is 3. The van der Waals surface area contributed by atoms with E-state index in [1.165, 1.54) is 24.8 Å². The molecule has 0 radical (unpaired) electrons. The van der Waals surface area contributed by atoms with E-state index in [2.05, 4.69) is 30.0 Å². The van der Waals surface area contributed by atoms with E-state index in [9.17, 15) is 0 Å². The molecule has 2 atom stereocenters. The average Bonchev–Trinajstić information content (AvgIpc) is 2.47. The maximum Gasteiger partial charge on any atom is 0.0991 e. The highest BCUT2D eigenvalue weighted by atomic mass is 15.2. The molecular formula is C16H23N3. The number of nitrogens with two attached hydrogens (primary N) is 1. The van der Waals surface area contributed by atoms with Crippen LogP contribution in [0.4, 0.5) is 0 Å². The molecule has 0 aromatic heterocycles. The molecule has 2 unspecified atom stereocenters. The van der Waals surface area contributed by atoms with E-state index >= 15 is 0 Å². The molecule has 1 aliphatic rings. The summed E-state index contributed by atoms with van der Waals surface area (Å²) in [5.41, 5.74) is 7.76.